The third-order valence-corrected chi connectivity index (χ3v) is 7.90. The lowest BCUT2D eigenvalue weighted by atomic mass is 9.73. The Morgan fingerprint density at radius 3 is 2.38 bits per heavy atom. The van der Waals surface area contributed by atoms with Crippen LogP contribution < -0.4 is 10.1 Å². The van der Waals surface area contributed by atoms with E-state index in [1.165, 1.54) is 12.1 Å². The number of hydrogen-bond acceptors (Lipinski definition) is 9. The number of likely N-dealkylation sites (N-methyl/N-ethyl adjacent to an activating group) is 1. The summed E-state index contributed by atoms with van der Waals surface area (Å²) in [7, 11) is 1.65. The van der Waals surface area contributed by atoms with Crippen molar-refractivity contribution in [2.75, 3.05) is 7.05 Å². The number of aliphatic hydroxyl groups is 4. The molecule has 0 unspecified atom stereocenters. The second-order valence-corrected chi connectivity index (χ2v) is 10.7. The third-order valence-electron chi connectivity index (χ3n) is 7.90. The van der Waals surface area contributed by atoms with E-state index in [1.807, 2.05) is 6.92 Å². The Balaban J connectivity index is 1.49. The summed E-state index contributed by atoms with van der Waals surface area (Å²) < 4.78 is 48.7. The van der Waals surface area contributed by atoms with Crippen LogP contribution in [0.15, 0.2) is 24.3 Å². The fourth-order valence-corrected chi connectivity index (χ4v) is 6.05. The Morgan fingerprint density at radius 1 is 1.11 bits per heavy atom. The average Bonchev–Trinajstić information content (AvgIpc) is 2.80. The molecule has 2 heterocycles. The summed E-state index contributed by atoms with van der Waals surface area (Å²) in [6.45, 7) is 4.29. The molecule has 0 radical (unpaired) electrons. The van der Waals surface area contributed by atoms with Gasteiger partial charge in [0.2, 0.25) is 12.1 Å². The first-order chi connectivity index (χ1) is 17.3. The number of aliphatic hydroxyl groups excluding tert-OH is 2. The molecule has 5 N–H and O–H groups in total. The van der Waals surface area contributed by atoms with Crippen LogP contribution in [0.1, 0.15) is 52.0 Å². The van der Waals surface area contributed by atoms with E-state index in [9.17, 15) is 29.2 Å². The molecule has 0 bridgehead atoms. The highest BCUT2D eigenvalue weighted by Crippen LogP contribution is 2.49. The van der Waals surface area contributed by atoms with Crippen molar-refractivity contribution in [3.8, 4) is 5.75 Å². The molecule has 11 heteroatoms. The number of fused-ring (bicyclic) bond motifs is 2. The van der Waals surface area contributed by atoms with Gasteiger partial charge in [-0.3, -0.25) is 0 Å². The van der Waals surface area contributed by atoms with Gasteiger partial charge in [-0.05, 0) is 57.4 Å². The molecule has 1 aliphatic carbocycles. The van der Waals surface area contributed by atoms with Crippen molar-refractivity contribution in [2.45, 2.75) is 113 Å². The molecule has 0 spiro atoms. The van der Waals surface area contributed by atoms with Crippen molar-refractivity contribution in [1.82, 2.24) is 5.32 Å². The maximum atomic E-state index is 13.1. The molecular weight excluding hydrogens is 492 g/mol. The quantitative estimate of drug-likeness (QED) is 0.340. The van der Waals surface area contributed by atoms with E-state index >= 15 is 0 Å². The Bertz CT molecular complexity index is 917. The highest BCUT2D eigenvalue weighted by atomic mass is 19.3. The average molecular weight is 532 g/mol. The zero-order valence-corrected chi connectivity index (χ0v) is 21.6. The number of aryl methyl sites for hydroxylation is 1. The van der Waals surface area contributed by atoms with Crippen LogP contribution in [-0.4, -0.2) is 87.8 Å². The largest absolute Gasteiger partial charge is 0.433 e. The maximum absolute atomic E-state index is 13.1. The molecule has 3 aliphatic rings. The predicted octanol–water partition coefficient (Wildman–Crippen LogP) is 1.69. The SMILES string of the molecule is CC[C@@H]1[C@H](O)[C@H](NC)[C@H]2O[C@]3(O)[C@H](O[C@@H]2[C@H]1O)O[C@H](C)C[C@@]3(O)CCCc1ccc(OC(C)(F)F)cc1. The molecule has 37 heavy (non-hydrogen) atoms. The van der Waals surface area contributed by atoms with E-state index in [2.05, 4.69) is 10.1 Å². The van der Waals surface area contributed by atoms with Gasteiger partial charge in [-0.2, -0.15) is 8.78 Å². The van der Waals surface area contributed by atoms with Gasteiger partial charge in [-0.15, -0.1) is 0 Å². The Kier molecular flexibility index (Phi) is 8.19. The van der Waals surface area contributed by atoms with Crippen molar-refractivity contribution < 1.29 is 48.2 Å². The maximum Gasteiger partial charge on any atom is 0.394 e. The number of nitrogens with one attached hydrogen (secondary N) is 1. The fraction of sp³-hybridized carbons (Fsp3) is 0.769. The van der Waals surface area contributed by atoms with Gasteiger partial charge < -0.3 is 44.7 Å². The van der Waals surface area contributed by atoms with Gasteiger partial charge in [-0.25, -0.2) is 0 Å². The summed E-state index contributed by atoms with van der Waals surface area (Å²) in [5.41, 5.74) is -0.900. The van der Waals surface area contributed by atoms with Crippen LogP contribution in [0.2, 0.25) is 0 Å². The van der Waals surface area contributed by atoms with Crippen LogP contribution in [-0.2, 0) is 20.6 Å². The minimum Gasteiger partial charge on any atom is -0.433 e. The van der Waals surface area contributed by atoms with E-state index in [1.54, 1.807) is 26.1 Å². The van der Waals surface area contributed by atoms with Crippen molar-refractivity contribution in [2.24, 2.45) is 5.92 Å². The molecule has 1 aromatic rings. The Hall–Kier alpha value is -1.44. The molecule has 1 aromatic carbocycles. The molecule has 0 aromatic heterocycles. The molecule has 9 nitrogen and oxygen atoms in total. The molecule has 3 fully saturated rings. The number of hydrogen-bond donors (Lipinski definition) is 5. The van der Waals surface area contributed by atoms with Gasteiger partial charge in [0.25, 0.3) is 0 Å². The number of benzene rings is 1. The van der Waals surface area contributed by atoms with Gasteiger partial charge in [0.05, 0.1) is 24.4 Å². The Labute approximate surface area is 215 Å². The van der Waals surface area contributed by atoms with E-state index in [0.29, 0.717) is 26.2 Å². The number of alkyl halides is 2. The number of rotatable bonds is 8. The third kappa shape index (κ3) is 5.51. The summed E-state index contributed by atoms with van der Waals surface area (Å²) in [4.78, 5) is 0. The van der Waals surface area contributed by atoms with E-state index < -0.39 is 66.3 Å². The highest BCUT2D eigenvalue weighted by molar-refractivity contribution is 5.27. The molecule has 1 saturated carbocycles. The molecule has 210 valence electrons. The summed E-state index contributed by atoms with van der Waals surface area (Å²) >= 11 is 0. The van der Waals surface area contributed by atoms with Gasteiger partial charge >= 0.3 is 6.11 Å². The van der Waals surface area contributed by atoms with Gasteiger partial charge in [0.15, 0.2) is 0 Å². The minimum atomic E-state index is -3.27. The first-order valence-electron chi connectivity index (χ1n) is 12.9. The summed E-state index contributed by atoms with van der Waals surface area (Å²) in [6.07, 6.45) is -7.22. The standard InChI is InChI=1S/C26H39F2NO8/c1-5-17-19(30)18(29-4)21-22(20(17)31)35-23-26(33,37-21)25(32,13-14(2)34-23)12-6-7-15-8-10-16(11-9-15)36-24(3,27)28/h8-11,14,17-23,29-33H,5-7,12-13H2,1-4H3/t14-,17-,18+,19+,20+,21-,22-,23+,25+,26-/m1/s1. The first-order valence-corrected chi connectivity index (χ1v) is 12.9. The molecular formula is C26H39F2NO8. The second-order valence-electron chi connectivity index (χ2n) is 10.7. The Morgan fingerprint density at radius 2 is 1.78 bits per heavy atom. The van der Waals surface area contributed by atoms with E-state index in [4.69, 9.17) is 14.2 Å². The van der Waals surface area contributed by atoms with Crippen molar-refractivity contribution in [3.05, 3.63) is 29.8 Å². The van der Waals surface area contributed by atoms with E-state index in [0.717, 1.165) is 5.56 Å². The summed E-state index contributed by atoms with van der Waals surface area (Å²) in [6, 6.07) is 5.61. The monoisotopic (exact) mass is 531 g/mol. The van der Waals surface area contributed by atoms with Gasteiger partial charge in [-0.1, -0.05) is 19.1 Å². The number of ether oxygens (including phenoxy) is 4. The topological polar surface area (TPSA) is 130 Å². The van der Waals surface area contributed by atoms with Crippen molar-refractivity contribution in [1.29, 1.82) is 0 Å². The second kappa shape index (κ2) is 10.6. The number of halogens is 2. The first kappa shape index (κ1) is 28.6. The molecule has 4 rings (SSSR count). The fourth-order valence-electron chi connectivity index (χ4n) is 6.05. The van der Waals surface area contributed by atoms with Gasteiger partial charge in [0, 0.05) is 19.3 Å². The van der Waals surface area contributed by atoms with Crippen LogP contribution in [0, 0.1) is 5.92 Å². The van der Waals surface area contributed by atoms with Crippen molar-refractivity contribution in [3.63, 3.8) is 0 Å². The zero-order chi connectivity index (χ0) is 27.2. The summed E-state index contributed by atoms with van der Waals surface area (Å²) in [5.74, 6) is -2.65. The lowest BCUT2D eigenvalue weighted by Crippen LogP contribution is -2.78. The molecule has 10 atom stereocenters. The predicted molar refractivity (Wildman–Crippen MR) is 128 cm³/mol. The van der Waals surface area contributed by atoms with Crippen LogP contribution in [0.3, 0.4) is 0 Å². The summed E-state index contributed by atoms with van der Waals surface area (Å²) in [5, 5.41) is 48.3. The van der Waals surface area contributed by atoms with Crippen LogP contribution >= 0.6 is 0 Å². The zero-order valence-electron chi connectivity index (χ0n) is 21.6. The van der Waals surface area contributed by atoms with Crippen LogP contribution in [0.5, 0.6) is 5.75 Å². The van der Waals surface area contributed by atoms with Gasteiger partial charge in [0.1, 0.15) is 23.6 Å². The highest BCUT2D eigenvalue weighted by Gasteiger charge is 2.68. The normalized spacial score (nSPS) is 42.1. The van der Waals surface area contributed by atoms with Crippen LogP contribution in [0.25, 0.3) is 0 Å². The smallest absolute Gasteiger partial charge is 0.394 e. The lowest BCUT2D eigenvalue weighted by molar-refractivity contribution is -0.485. The van der Waals surface area contributed by atoms with E-state index in [-0.39, 0.29) is 18.6 Å². The lowest BCUT2D eigenvalue weighted by Gasteiger charge is -2.60. The van der Waals surface area contributed by atoms with Crippen molar-refractivity contribution >= 4 is 0 Å². The molecule has 0 amide bonds. The minimum absolute atomic E-state index is 0.0499. The molecule has 2 aliphatic heterocycles. The van der Waals surface area contributed by atoms with Crippen LogP contribution in [0.4, 0.5) is 8.78 Å². The molecule has 2 saturated heterocycles.